The third-order valence-corrected chi connectivity index (χ3v) is 4.00. The van der Waals surface area contributed by atoms with Gasteiger partial charge in [-0.05, 0) is 11.3 Å². The molecular weight excluding hydrogens is 272 g/mol. The minimum atomic E-state index is -0.835. The summed E-state index contributed by atoms with van der Waals surface area (Å²) in [4.78, 5) is 31.5. The molecule has 0 spiro atoms. The Bertz CT molecular complexity index is 679. The lowest BCUT2D eigenvalue weighted by atomic mass is 10.0. The molecule has 0 radical (unpaired) electrons. The average molecular weight is 280 g/mol. The second-order valence-electron chi connectivity index (χ2n) is 4.20. The van der Waals surface area contributed by atoms with Crippen molar-refractivity contribution >= 4 is 38.3 Å². The summed E-state index contributed by atoms with van der Waals surface area (Å²) in [6.07, 6.45) is 1.34. The van der Waals surface area contributed by atoms with Gasteiger partial charge in [0.25, 0.3) is 0 Å². The summed E-state index contributed by atoms with van der Waals surface area (Å²) in [5, 5.41) is 20.2. The molecule has 8 nitrogen and oxygen atoms in total. The lowest BCUT2D eigenvalue weighted by Gasteiger charge is -2.37. The van der Waals surface area contributed by atoms with Crippen LogP contribution in [0.1, 0.15) is 0 Å². The van der Waals surface area contributed by atoms with E-state index in [1.807, 2.05) is 0 Å². The van der Waals surface area contributed by atoms with E-state index in [1.165, 1.54) is 12.4 Å². The molecule has 98 valence electrons. The van der Waals surface area contributed by atoms with Crippen molar-refractivity contribution in [2.45, 2.75) is 0 Å². The largest absolute Gasteiger partial charge is 0.481 e. The molecule has 3 rings (SSSR count). The first kappa shape index (κ1) is 11.8. The molecule has 0 unspecified atom stereocenters. The maximum absolute atomic E-state index is 10.8. The van der Waals surface area contributed by atoms with Crippen molar-refractivity contribution < 1.29 is 14.8 Å². The number of thiophene rings is 1. The van der Waals surface area contributed by atoms with Gasteiger partial charge in [0.1, 0.15) is 17.0 Å². The Morgan fingerprint density at radius 2 is 2.26 bits per heavy atom. The van der Waals surface area contributed by atoms with Gasteiger partial charge in [-0.15, -0.1) is 0 Å². The zero-order valence-electron chi connectivity index (χ0n) is 9.52. The molecule has 0 saturated carbocycles. The fourth-order valence-corrected chi connectivity index (χ4v) is 2.79. The lowest BCUT2D eigenvalue weighted by Crippen LogP contribution is -2.50. The van der Waals surface area contributed by atoms with Crippen LogP contribution >= 0.6 is 11.3 Å². The molecule has 2 aromatic heterocycles. The number of carboxylic acid groups (broad SMARTS) is 1. The van der Waals surface area contributed by atoms with Crippen LogP contribution in [0, 0.1) is 16.0 Å². The third kappa shape index (κ3) is 1.87. The fourth-order valence-electron chi connectivity index (χ4n) is 1.98. The van der Waals surface area contributed by atoms with Gasteiger partial charge in [-0.1, -0.05) is 0 Å². The lowest BCUT2D eigenvalue weighted by molar-refractivity contribution is -0.380. The van der Waals surface area contributed by atoms with E-state index in [9.17, 15) is 14.9 Å². The van der Waals surface area contributed by atoms with Gasteiger partial charge < -0.3 is 10.0 Å². The molecule has 0 aromatic carbocycles. The number of carbonyl (C=O) groups is 1. The van der Waals surface area contributed by atoms with E-state index in [0.717, 1.165) is 11.3 Å². The zero-order valence-corrected chi connectivity index (χ0v) is 10.3. The monoisotopic (exact) mass is 280 g/mol. The molecule has 9 heteroatoms. The first-order valence-corrected chi connectivity index (χ1v) is 6.24. The van der Waals surface area contributed by atoms with Crippen molar-refractivity contribution in [3.8, 4) is 0 Å². The zero-order chi connectivity index (χ0) is 13.6. The van der Waals surface area contributed by atoms with Gasteiger partial charge in [-0.3, -0.25) is 14.9 Å². The molecule has 2 aromatic rings. The summed E-state index contributed by atoms with van der Waals surface area (Å²) < 4.78 is 0. The van der Waals surface area contributed by atoms with Crippen LogP contribution in [0.3, 0.4) is 0 Å². The van der Waals surface area contributed by atoms with E-state index < -0.39 is 16.8 Å². The van der Waals surface area contributed by atoms with Gasteiger partial charge in [-0.25, -0.2) is 9.97 Å². The van der Waals surface area contributed by atoms with Crippen LogP contribution in [0.4, 0.5) is 10.8 Å². The summed E-state index contributed by atoms with van der Waals surface area (Å²) in [6.45, 7) is 0.732. The van der Waals surface area contributed by atoms with Crippen molar-refractivity contribution in [3.63, 3.8) is 0 Å². The number of rotatable bonds is 3. The van der Waals surface area contributed by atoms with E-state index in [4.69, 9.17) is 5.11 Å². The molecule has 0 aliphatic carbocycles. The maximum atomic E-state index is 10.8. The van der Waals surface area contributed by atoms with Crippen LogP contribution in [0.25, 0.3) is 10.2 Å². The smallest absolute Gasteiger partial charge is 0.326 e. The van der Waals surface area contributed by atoms with E-state index in [0.29, 0.717) is 29.1 Å². The summed E-state index contributed by atoms with van der Waals surface area (Å²) in [5.74, 6) is -0.677. The Kier molecular flexibility index (Phi) is 2.56. The summed E-state index contributed by atoms with van der Waals surface area (Å²) in [7, 11) is 0. The van der Waals surface area contributed by atoms with E-state index in [2.05, 4.69) is 9.97 Å². The molecule has 0 amide bonds. The number of nitrogens with zero attached hydrogens (tertiary/aromatic N) is 4. The fraction of sp³-hybridized carbons (Fsp3) is 0.300. The van der Waals surface area contributed by atoms with Crippen molar-refractivity contribution in [3.05, 3.63) is 22.5 Å². The highest BCUT2D eigenvalue weighted by atomic mass is 32.1. The highest BCUT2D eigenvalue weighted by Crippen LogP contribution is 2.36. The van der Waals surface area contributed by atoms with Crippen molar-refractivity contribution in [1.29, 1.82) is 0 Å². The van der Waals surface area contributed by atoms with Crippen molar-refractivity contribution in [1.82, 2.24) is 9.97 Å². The minimum Gasteiger partial charge on any atom is -0.481 e. The highest BCUT2D eigenvalue weighted by molar-refractivity contribution is 7.21. The van der Waals surface area contributed by atoms with Crippen molar-refractivity contribution in [2.75, 3.05) is 18.0 Å². The number of fused-ring (bicyclic) bond motifs is 1. The molecule has 1 aliphatic rings. The number of hydrogen-bond acceptors (Lipinski definition) is 7. The first-order chi connectivity index (χ1) is 9.06. The van der Waals surface area contributed by atoms with Crippen LogP contribution in [-0.2, 0) is 4.79 Å². The third-order valence-electron chi connectivity index (χ3n) is 3.01. The Hall–Kier alpha value is -2.29. The minimum absolute atomic E-state index is 0.00654. The Morgan fingerprint density at radius 3 is 2.89 bits per heavy atom. The normalized spacial score (nSPS) is 15.5. The SMILES string of the molecule is O=C(O)C1CN(c2ncnc3sc([N+](=O)[O-])cc23)C1. The molecule has 1 fully saturated rings. The predicted molar refractivity (Wildman–Crippen MR) is 67.4 cm³/mol. The van der Waals surface area contributed by atoms with Gasteiger partial charge in [0.15, 0.2) is 0 Å². The number of nitro groups is 1. The second kappa shape index (κ2) is 4.12. The van der Waals surface area contributed by atoms with Gasteiger partial charge >= 0.3 is 11.0 Å². The second-order valence-corrected chi connectivity index (χ2v) is 5.21. The number of carboxylic acids is 1. The van der Waals surface area contributed by atoms with E-state index >= 15 is 0 Å². The number of aliphatic carboxylic acids is 1. The molecule has 1 saturated heterocycles. The predicted octanol–water partition coefficient (Wildman–Crippen LogP) is 1.12. The number of hydrogen-bond donors (Lipinski definition) is 1. The molecule has 1 aliphatic heterocycles. The number of anilines is 1. The molecule has 0 bridgehead atoms. The van der Waals surface area contributed by atoms with Gasteiger partial charge in [-0.2, -0.15) is 0 Å². The quantitative estimate of drug-likeness (QED) is 0.662. The molecule has 19 heavy (non-hydrogen) atoms. The van der Waals surface area contributed by atoms with Crippen LogP contribution in [0.15, 0.2) is 12.4 Å². The Morgan fingerprint density at radius 1 is 1.53 bits per heavy atom. The average Bonchev–Trinajstić information content (AvgIpc) is 2.71. The number of aromatic nitrogens is 2. The van der Waals surface area contributed by atoms with Crippen LogP contribution in [-0.4, -0.2) is 39.1 Å². The first-order valence-electron chi connectivity index (χ1n) is 5.43. The van der Waals surface area contributed by atoms with E-state index in [-0.39, 0.29) is 5.00 Å². The molecule has 1 N–H and O–H groups in total. The summed E-state index contributed by atoms with van der Waals surface area (Å²) >= 11 is 0.985. The van der Waals surface area contributed by atoms with Gasteiger partial charge in [0.2, 0.25) is 0 Å². The summed E-state index contributed by atoms with van der Waals surface area (Å²) in [5.41, 5.74) is 0. The van der Waals surface area contributed by atoms with Crippen LogP contribution < -0.4 is 4.90 Å². The molecule has 3 heterocycles. The highest BCUT2D eigenvalue weighted by Gasteiger charge is 2.34. The standard InChI is InChI=1S/C10H8N4O4S/c15-10(16)5-2-13(3-5)8-6-1-7(14(17)18)19-9(6)12-4-11-8/h1,4-5H,2-3H2,(H,15,16). The van der Waals surface area contributed by atoms with Crippen LogP contribution in [0.2, 0.25) is 0 Å². The Balaban J connectivity index is 1.96. The maximum Gasteiger partial charge on any atom is 0.326 e. The molecule has 0 atom stereocenters. The van der Waals surface area contributed by atoms with Gasteiger partial charge in [0.05, 0.1) is 16.2 Å². The van der Waals surface area contributed by atoms with Crippen molar-refractivity contribution in [2.24, 2.45) is 5.92 Å². The summed E-state index contributed by atoms with van der Waals surface area (Å²) in [6, 6.07) is 1.43. The van der Waals surface area contributed by atoms with E-state index in [1.54, 1.807) is 4.90 Å². The van der Waals surface area contributed by atoms with Gasteiger partial charge in [0, 0.05) is 19.2 Å². The topological polar surface area (TPSA) is 109 Å². The Labute approximate surface area is 110 Å². The molecular formula is C10H8N4O4S. The van der Waals surface area contributed by atoms with Crippen LogP contribution in [0.5, 0.6) is 0 Å².